The van der Waals surface area contributed by atoms with Crippen molar-refractivity contribution in [1.29, 1.82) is 0 Å². The number of ether oxygens (including phenoxy) is 2. The SMILES string of the molecule is COCCNC(=O)[C@H]1CC[C@@H]2[C@@H](CCN2Cc2cccs2)O1. The normalized spacial score (nSPS) is 28.5. The van der Waals surface area contributed by atoms with Crippen LogP contribution in [0, 0.1) is 0 Å². The van der Waals surface area contributed by atoms with Gasteiger partial charge in [0.2, 0.25) is 5.91 Å². The topological polar surface area (TPSA) is 50.8 Å². The minimum Gasteiger partial charge on any atom is -0.383 e. The van der Waals surface area contributed by atoms with Crippen LogP contribution in [0.2, 0.25) is 0 Å². The van der Waals surface area contributed by atoms with Gasteiger partial charge >= 0.3 is 0 Å². The first-order chi connectivity index (χ1) is 10.8. The lowest BCUT2D eigenvalue weighted by Gasteiger charge is -2.35. The number of methoxy groups -OCH3 is 1. The molecule has 1 amide bonds. The van der Waals surface area contributed by atoms with Crippen LogP contribution in [0.25, 0.3) is 0 Å². The molecule has 0 aliphatic carbocycles. The minimum absolute atomic E-state index is 0.00667. The van der Waals surface area contributed by atoms with Crippen LogP contribution in [0.5, 0.6) is 0 Å². The molecule has 1 aromatic heterocycles. The third kappa shape index (κ3) is 3.68. The summed E-state index contributed by atoms with van der Waals surface area (Å²) in [4.78, 5) is 16.0. The molecular formula is C16H24N2O3S. The molecule has 1 aromatic rings. The van der Waals surface area contributed by atoms with E-state index in [1.165, 1.54) is 4.88 Å². The zero-order valence-electron chi connectivity index (χ0n) is 13.0. The average Bonchev–Trinajstić information content (AvgIpc) is 3.18. The van der Waals surface area contributed by atoms with Gasteiger partial charge in [-0.15, -0.1) is 11.3 Å². The summed E-state index contributed by atoms with van der Waals surface area (Å²) in [7, 11) is 1.63. The largest absolute Gasteiger partial charge is 0.383 e. The van der Waals surface area contributed by atoms with Crippen molar-refractivity contribution in [3.05, 3.63) is 22.4 Å². The highest BCUT2D eigenvalue weighted by Crippen LogP contribution is 2.33. The van der Waals surface area contributed by atoms with Crippen LogP contribution in [-0.2, 0) is 20.8 Å². The van der Waals surface area contributed by atoms with Gasteiger partial charge in [-0.3, -0.25) is 9.69 Å². The fourth-order valence-corrected chi connectivity index (χ4v) is 4.13. The Kier molecular flexibility index (Phi) is 5.46. The summed E-state index contributed by atoms with van der Waals surface area (Å²) in [6, 6.07) is 4.75. The number of carbonyl (C=O) groups is 1. The van der Waals surface area contributed by atoms with E-state index in [1.54, 1.807) is 7.11 Å². The molecule has 2 aliphatic rings. The average molecular weight is 324 g/mol. The first-order valence-corrected chi connectivity index (χ1v) is 8.84. The van der Waals surface area contributed by atoms with Gasteiger partial charge in [-0.25, -0.2) is 0 Å². The van der Waals surface area contributed by atoms with Crippen molar-refractivity contribution in [2.75, 3.05) is 26.8 Å². The van der Waals surface area contributed by atoms with Gasteiger partial charge in [-0.1, -0.05) is 6.07 Å². The first kappa shape index (κ1) is 15.9. The highest BCUT2D eigenvalue weighted by atomic mass is 32.1. The van der Waals surface area contributed by atoms with Crippen molar-refractivity contribution in [2.45, 2.75) is 44.1 Å². The fraction of sp³-hybridized carbons (Fsp3) is 0.688. The number of amides is 1. The van der Waals surface area contributed by atoms with Crippen LogP contribution < -0.4 is 5.32 Å². The number of hydrogen-bond donors (Lipinski definition) is 1. The highest BCUT2D eigenvalue weighted by molar-refractivity contribution is 7.09. The Balaban J connectivity index is 1.49. The lowest BCUT2D eigenvalue weighted by atomic mass is 9.98. The molecule has 5 nitrogen and oxygen atoms in total. The molecule has 0 spiro atoms. The van der Waals surface area contributed by atoms with Gasteiger partial charge < -0.3 is 14.8 Å². The third-order valence-electron chi connectivity index (χ3n) is 4.50. The summed E-state index contributed by atoms with van der Waals surface area (Å²) in [6.07, 6.45) is 2.78. The molecule has 2 fully saturated rings. The smallest absolute Gasteiger partial charge is 0.249 e. The van der Waals surface area contributed by atoms with Gasteiger partial charge in [-0.05, 0) is 30.7 Å². The Labute approximate surface area is 135 Å². The molecule has 3 rings (SSSR count). The number of thiophene rings is 1. The Morgan fingerprint density at radius 2 is 2.41 bits per heavy atom. The summed E-state index contributed by atoms with van der Waals surface area (Å²) in [6.45, 7) is 3.16. The third-order valence-corrected chi connectivity index (χ3v) is 5.36. The molecule has 2 saturated heterocycles. The van der Waals surface area contributed by atoms with Crippen molar-refractivity contribution in [3.63, 3.8) is 0 Å². The van der Waals surface area contributed by atoms with Gasteiger partial charge in [0.15, 0.2) is 0 Å². The number of nitrogens with zero attached hydrogens (tertiary/aromatic N) is 1. The van der Waals surface area contributed by atoms with E-state index in [2.05, 4.69) is 27.7 Å². The summed E-state index contributed by atoms with van der Waals surface area (Å²) in [5.41, 5.74) is 0. The van der Waals surface area contributed by atoms with Gasteiger partial charge in [0, 0.05) is 37.7 Å². The molecule has 6 heteroatoms. The lowest BCUT2D eigenvalue weighted by Crippen LogP contribution is -2.48. The van der Waals surface area contributed by atoms with Crippen molar-refractivity contribution in [2.24, 2.45) is 0 Å². The zero-order valence-corrected chi connectivity index (χ0v) is 13.8. The molecular weight excluding hydrogens is 300 g/mol. The monoisotopic (exact) mass is 324 g/mol. The Morgan fingerprint density at radius 1 is 1.50 bits per heavy atom. The van der Waals surface area contributed by atoms with Gasteiger partial charge in [0.25, 0.3) is 0 Å². The van der Waals surface area contributed by atoms with E-state index in [9.17, 15) is 4.79 Å². The van der Waals surface area contributed by atoms with Crippen molar-refractivity contribution in [1.82, 2.24) is 10.2 Å². The minimum atomic E-state index is -0.292. The second-order valence-electron chi connectivity index (χ2n) is 5.93. The lowest BCUT2D eigenvalue weighted by molar-refractivity contribution is -0.144. The van der Waals surface area contributed by atoms with E-state index in [1.807, 2.05) is 11.3 Å². The van der Waals surface area contributed by atoms with E-state index in [0.717, 1.165) is 32.4 Å². The summed E-state index contributed by atoms with van der Waals surface area (Å²) in [5.74, 6) is 0.00667. The summed E-state index contributed by atoms with van der Waals surface area (Å²) in [5, 5.41) is 5.01. The number of fused-ring (bicyclic) bond motifs is 1. The van der Waals surface area contributed by atoms with Crippen LogP contribution in [0.4, 0.5) is 0 Å². The van der Waals surface area contributed by atoms with Crippen molar-refractivity contribution in [3.8, 4) is 0 Å². The molecule has 122 valence electrons. The first-order valence-electron chi connectivity index (χ1n) is 7.96. The van der Waals surface area contributed by atoms with E-state index in [0.29, 0.717) is 19.2 Å². The number of carbonyl (C=O) groups excluding carboxylic acids is 1. The molecule has 0 radical (unpaired) electrons. The number of nitrogens with one attached hydrogen (secondary N) is 1. The number of rotatable bonds is 6. The maximum atomic E-state index is 12.1. The highest BCUT2D eigenvalue weighted by Gasteiger charge is 2.41. The Hall–Kier alpha value is -0.950. The second kappa shape index (κ2) is 7.55. The fourth-order valence-electron chi connectivity index (χ4n) is 3.40. The summed E-state index contributed by atoms with van der Waals surface area (Å²) >= 11 is 1.81. The van der Waals surface area contributed by atoms with Crippen molar-refractivity contribution >= 4 is 17.2 Å². The molecule has 0 bridgehead atoms. The number of hydrogen-bond acceptors (Lipinski definition) is 5. The maximum absolute atomic E-state index is 12.1. The van der Waals surface area contributed by atoms with E-state index in [4.69, 9.17) is 9.47 Å². The van der Waals surface area contributed by atoms with Gasteiger partial charge in [-0.2, -0.15) is 0 Å². The van der Waals surface area contributed by atoms with Crippen LogP contribution in [0.3, 0.4) is 0 Å². The molecule has 0 saturated carbocycles. The summed E-state index contributed by atoms with van der Waals surface area (Å²) < 4.78 is 11.0. The van der Waals surface area contributed by atoms with E-state index in [-0.39, 0.29) is 18.1 Å². The predicted octanol–water partition coefficient (Wildman–Crippen LogP) is 1.63. The van der Waals surface area contributed by atoms with Crippen molar-refractivity contribution < 1.29 is 14.3 Å². The molecule has 1 N–H and O–H groups in total. The number of likely N-dealkylation sites (tertiary alicyclic amines) is 1. The van der Waals surface area contributed by atoms with Gasteiger partial charge in [0.1, 0.15) is 6.10 Å². The van der Waals surface area contributed by atoms with Crippen LogP contribution in [-0.4, -0.2) is 55.9 Å². The molecule has 3 atom stereocenters. The quantitative estimate of drug-likeness (QED) is 0.808. The van der Waals surface area contributed by atoms with Gasteiger partial charge in [0.05, 0.1) is 12.7 Å². The predicted molar refractivity (Wildman–Crippen MR) is 85.9 cm³/mol. The van der Waals surface area contributed by atoms with Crippen LogP contribution in [0.1, 0.15) is 24.1 Å². The zero-order chi connectivity index (χ0) is 15.4. The molecule has 22 heavy (non-hydrogen) atoms. The Morgan fingerprint density at radius 3 is 3.18 bits per heavy atom. The maximum Gasteiger partial charge on any atom is 0.249 e. The van der Waals surface area contributed by atoms with E-state index >= 15 is 0 Å². The molecule has 0 unspecified atom stereocenters. The molecule has 3 heterocycles. The second-order valence-corrected chi connectivity index (χ2v) is 6.96. The molecule has 0 aromatic carbocycles. The Bertz CT molecular complexity index is 480. The van der Waals surface area contributed by atoms with Crippen LogP contribution >= 0.6 is 11.3 Å². The standard InChI is InChI=1S/C16H24N2O3S/c1-20-9-7-17-16(19)15-5-4-13-14(21-15)6-8-18(13)11-12-3-2-10-22-12/h2-3,10,13-15H,4-9,11H2,1H3,(H,17,19)/t13-,14-,15-/m1/s1. The van der Waals surface area contributed by atoms with E-state index < -0.39 is 0 Å². The molecule has 2 aliphatic heterocycles. The van der Waals surface area contributed by atoms with Crippen LogP contribution in [0.15, 0.2) is 17.5 Å².